The molecule has 0 aliphatic rings. The fraction of sp³-hybridized carbons (Fsp3) is 0.267. The normalized spacial score (nSPS) is 10.6. The molecule has 2 aromatic rings. The van der Waals surface area contributed by atoms with Crippen molar-refractivity contribution in [2.24, 2.45) is 7.05 Å². The van der Waals surface area contributed by atoms with Crippen LogP contribution in [0, 0.1) is 13.8 Å². The summed E-state index contributed by atoms with van der Waals surface area (Å²) < 4.78 is 7.24. The van der Waals surface area contributed by atoms with E-state index in [2.05, 4.69) is 12.6 Å². The van der Waals surface area contributed by atoms with Gasteiger partial charge in [-0.05, 0) is 31.0 Å². The number of rotatable bonds is 3. The molecular formula is C15H17NO2. The lowest BCUT2D eigenvalue weighted by Gasteiger charge is -2.12. The Morgan fingerprint density at radius 2 is 2.00 bits per heavy atom. The van der Waals surface area contributed by atoms with Crippen LogP contribution in [0.25, 0.3) is 10.9 Å². The molecule has 18 heavy (non-hydrogen) atoms. The van der Waals surface area contributed by atoms with E-state index < -0.39 is 0 Å². The predicted molar refractivity (Wildman–Crippen MR) is 74.4 cm³/mol. The molecule has 3 nitrogen and oxygen atoms in total. The zero-order valence-corrected chi connectivity index (χ0v) is 11.0. The van der Waals surface area contributed by atoms with Crippen LogP contribution in [0.1, 0.15) is 11.1 Å². The van der Waals surface area contributed by atoms with Gasteiger partial charge in [-0.3, -0.25) is 4.79 Å². The molecule has 0 spiro atoms. The number of hydrogen-bond donors (Lipinski definition) is 0. The molecule has 1 aromatic carbocycles. The van der Waals surface area contributed by atoms with Crippen LogP contribution >= 0.6 is 0 Å². The third-order valence-electron chi connectivity index (χ3n) is 3.11. The second kappa shape index (κ2) is 4.69. The number of ether oxygens (including phenoxy) is 1. The maximum Gasteiger partial charge on any atom is 0.251 e. The van der Waals surface area contributed by atoms with Gasteiger partial charge in [0.05, 0.1) is 5.52 Å². The molecule has 0 saturated carbocycles. The van der Waals surface area contributed by atoms with Gasteiger partial charge in [-0.2, -0.15) is 0 Å². The largest absolute Gasteiger partial charge is 0.489 e. The van der Waals surface area contributed by atoms with Crippen LogP contribution < -0.4 is 10.3 Å². The number of benzene rings is 1. The molecule has 0 aliphatic carbocycles. The predicted octanol–water partition coefficient (Wildman–Crippen LogP) is 2.72. The molecule has 0 amide bonds. The summed E-state index contributed by atoms with van der Waals surface area (Å²) in [4.78, 5) is 11.8. The molecule has 1 heterocycles. The number of fused-ring (bicyclic) bond motifs is 1. The van der Waals surface area contributed by atoms with Gasteiger partial charge >= 0.3 is 0 Å². The van der Waals surface area contributed by atoms with Gasteiger partial charge in [-0.15, -0.1) is 0 Å². The molecule has 0 N–H and O–H groups in total. The highest BCUT2D eigenvalue weighted by Crippen LogP contribution is 2.26. The van der Waals surface area contributed by atoms with E-state index in [9.17, 15) is 4.79 Å². The van der Waals surface area contributed by atoms with E-state index >= 15 is 0 Å². The first kappa shape index (κ1) is 12.4. The van der Waals surface area contributed by atoms with E-state index in [4.69, 9.17) is 4.74 Å². The smallest absolute Gasteiger partial charge is 0.251 e. The number of aromatic nitrogens is 1. The maximum absolute atomic E-state index is 11.8. The first-order valence-corrected chi connectivity index (χ1v) is 5.89. The highest BCUT2D eigenvalue weighted by Gasteiger charge is 2.08. The molecule has 94 valence electrons. The third-order valence-corrected chi connectivity index (χ3v) is 3.11. The molecular weight excluding hydrogens is 226 g/mol. The van der Waals surface area contributed by atoms with Crippen LogP contribution in [-0.4, -0.2) is 11.2 Å². The summed E-state index contributed by atoms with van der Waals surface area (Å²) in [6.07, 6.45) is 1.71. The van der Waals surface area contributed by atoms with Crippen LogP contribution in [0.15, 0.2) is 35.6 Å². The lowest BCUT2D eigenvalue weighted by Crippen LogP contribution is -2.16. The number of nitrogens with zero attached hydrogens (tertiary/aromatic N) is 1. The fourth-order valence-electron chi connectivity index (χ4n) is 2.05. The summed E-state index contributed by atoms with van der Waals surface area (Å²) in [6, 6.07) is 5.64. The van der Waals surface area contributed by atoms with Gasteiger partial charge in [0.1, 0.15) is 12.4 Å². The van der Waals surface area contributed by atoms with Gasteiger partial charge in [0, 0.05) is 24.6 Å². The van der Waals surface area contributed by atoms with Crippen molar-refractivity contribution in [2.75, 3.05) is 6.61 Å². The van der Waals surface area contributed by atoms with Crippen LogP contribution in [-0.2, 0) is 7.05 Å². The van der Waals surface area contributed by atoms with Crippen molar-refractivity contribution in [3.05, 3.63) is 52.3 Å². The summed E-state index contributed by atoms with van der Waals surface area (Å²) in [5.74, 6) is 0.794. The van der Waals surface area contributed by atoms with Gasteiger partial charge < -0.3 is 9.30 Å². The Morgan fingerprint density at radius 1 is 1.28 bits per heavy atom. The minimum atomic E-state index is -0.00137. The Kier molecular flexibility index (Phi) is 3.24. The highest BCUT2D eigenvalue weighted by atomic mass is 16.5. The average molecular weight is 243 g/mol. The van der Waals surface area contributed by atoms with Crippen LogP contribution in [0.3, 0.4) is 0 Å². The summed E-state index contributed by atoms with van der Waals surface area (Å²) in [6.45, 7) is 8.05. The number of pyridine rings is 1. The molecule has 2 rings (SSSR count). The Hall–Kier alpha value is -2.03. The van der Waals surface area contributed by atoms with Gasteiger partial charge in [-0.25, -0.2) is 0 Å². The molecule has 1 aromatic heterocycles. The molecule has 0 fully saturated rings. The molecule has 0 atom stereocenters. The van der Waals surface area contributed by atoms with Gasteiger partial charge in [0.2, 0.25) is 0 Å². The summed E-state index contributed by atoms with van der Waals surface area (Å²) >= 11 is 0. The minimum absolute atomic E-state index is 0.00137. The minimum Gasteiger partial charge on any atom is -0.489 e. The summed E-state index contributed by atoms with van der Waals surface area (Å²) in [5, 5.41) is 1.08. The average Bonchev–Trinajstić information content (AvgIpc) is 2.34. The van der Waals surface area contributed by atoms with Gasteiger partial charge in [0.15, 0.2) is 0 Å². The lowest BCUT2D eigenvalue weighted by atomic mass is 10.1. The van der Waals surface area contributed by atoms with E-state index in [0.717, 1.165) is 27.8 Å². The van der Waals surface area contributed by atoms with E-state index in [1.54, 1.807) is 23.8 Å². The number of hydrogen-bond acceptors (Lipinski definition) is 2. The van der Waals surface area contributed by atoms with Gasteiger partial charge in [0.25, 0.3) is 5.56 Å². The molecule has 0 radical (unpaired) electrons. The maximum atomic E-state index is 11.8. The SMILES string of the molecule is C=CCOc1cc2c(cc1C)c(C)cc(=O)n2C. The van der Waals surface area contributed by atoms with Crippen molar-refractivity contribution in [1.29, 1.82) is 0 Å². The first-order valence-electron chi connectivity index (χ1n) is 5.89. The Morgan fingerprint density at radius 3 is 2.67 bits per heavy atom. The lowest BCUT2D eigenvalue weighted by molar-refractivity contribution is 0.361. The van der Waals surface area contributed by atoms with Crippen molar-refractivity contribution < 1.29 is 4.74 Å². The van der Waals surface area contributed by atoms with Crippen molar-refractivity contribution in [2.45, 2.75) is 13.8 Å². The van der Waals surface area contributed by atoms with Crippen molar-refractivity contribution >= 4 is 10.9 Å². The third kappa shape index (κ3) is 2.04. The monoisotopic (exact) mass is 243 g/mol. The second-order valence-corrected chi connectivity index (χ2v) is 4.46. The molecule has 0 bridgehead atoms. The zero-order valence-electron chi connectivity index (χ0n) is 11.0. The van der Waals surface area contributed by atoms with Crippen LogP contribution in [0.5, 0.6) is 5.75 Å². The standard InChI is InChI=1S/C15H17NO2/c1-5-6-18-14-9-13-12(7-11(14)3)10(2)8-15(17)16(13)4/h5,7-9H,1,6H2,2-4H3. The van der Waals surface area contributed by atoms with Gasteiger partial charge in [-0.1, -0.05) is 12.7 Å². The fourth-order valence-corrected chi connectivity index (χ4v) is 2.05. The zero-order chi connectivity index (χ0) is 13.3. The Bertz CT molecular complexity index is 668. The molecule has 0 saturated heterocycles. The van der Waals surface area contributed by atoms with E-state index in [0.29, 0.717) is 6.61 Å². The van der Waals surface area contributed by atoms with E-state index in [1.807, 2.05) is 19.9 Å². The highest BCUT2D eigenvalue weighted by molar-refractivity contribution is 5.84. The molecule has 0 unspecified atom stereocenters. The molecule has 0 aliphatic heterocycles. The summed E-state index contributed by atoms with van der Waals surface area (Å²) in [5.41, 5.74) is 2.95. The van der Waals surface area contributed by atoms with Crippen molar-refractivity contribution in [3.8, 4) is 5.75 Å². The van der Waals surface area contributed by atoms with Crippen LogP contribution in [0.4, 0.5) is 0 Å². The van der Waals surface area contributed by atoms with E-state index in [1.165, 1.54) is 0 Å². The Labute approximate surface area is 106 Å². The first-order chi connectivity index (χ1) is 8.54. The summed E-state index contributed by atoms with van der Waals surface area (Å²) in [7, 11) is 1.77. The second-order valence-electron chi connectivity index (χ2n) is 4.46. The van der Waals surface area contributed by atoms with E-state index in [-0.39, 0.29) is 5.56 Å². The number of aryl methyl sites for hydroxylation is 3. The Balaban J connectivity index is 2.72. The molecule has 3 heteroatoms. The van der Waals surface area contributed by atoms with Crippen LogP contribution in [0.2, 0.25) is 0 Å². The quantitative estimate of drug-likeness (QED) is 0.776. The van der Waals surface area contributed by atoms with Crippen molar-refractivity contribution in [3.63, 3.8) is 0 Å². The topological polar surface area (TPSA) is 31.2 Å². The van der Waals surface area contributed by atoms with Crippen molar-refractivity contribution in [1.82, 2.24) is 4.57 Å².